The van der Waals surface area contributed by atoms with E-state index in [0.29, 0.717) is 31.8 Å². The van der Waals surface area contributed by atoms with Crippen LogP contribution in [-0.2, 0) is 19.0 Å². The summed E-state index contributed by atoms with van der Waals surface area (Å²) in [4.78, 5) is 11.5. The number of ether oxygens (including phenoxy) is 3. The fraction of sp³-hybridized carbons (Fsp3) is 0.353. The number of hydrogen-bond donors (Lipinski definition) is 1. The summed E-state index contributed by atoms with van der Waals surface area (Å²) in [7, 11) is 0. The number of hydrogen-bond acceptors (Lipinski definition) is 4. The van der Waals surface area contributed by atoms with Crippen LogP contribution in [-0.4, -0.2) is 36.5 Å². The molecule has 0 aliphatic carbocycles. The van der Waals surface area contributed by atoms with Crippen LogP contribution in [0.15, 0.2) is 47.9 Å². The van der Waals surface area contributed by atoms with E-state index in [9.17, 15) is 9.90 Å². The van der Waals surface area contributed by atoms with Crippen molar-refractivity contribution in [1.29, 1.82) is 0 Å². The van der Waals surface area contributed by atoms with E-state index in [1.807, 2.05) is 30.3 Å². The lowest BCUT2D eigenvalue weighted by Crippen LogP contribution is -2.10. The Balaban J connectivity index is 1.72. The predicted molar refractivity (Wildman–Crippen MR) is 79.9 cm³/mol. The molecule has 0 amide bonds. The van der Waals surface area contributed by atoms with Crippen LogP contribution < -0.4 is 0 Å². The van der Waals surface area contributed by atoms with E-state index < -0.39 is 5.97 Å². The third kappa shape index (κ3) is 4.44. The second-order valence-electron chi connectivity index (χ2n) is 5.36. The molecule has 2 heterocycles. The maximum Gasteiger partial charge on any atom is 0.335 e. The van der Waals surface area contributed by atoms with Gasteiger partial charge in [-0.05, 0) is 11.6 Å². The number of rotatable bonds is 8. The molecule has 1 N–H and O–H groups in total. The summed E-state index contributed by atoms with van der Waals surface area (Å²) in [5.41, 5.74) is 1.27. The molecule has 2 aliphatic rings. The predicted octanol–water partition coefficient (Wildman–Crippen LogP) is 2.59. The molecule has 2 atom stereocenters. The largest absolute Gasteiger partial charge is 0.478 e. The number of benzene rings is 1. The van der Waals surface area contributed by atoms with E-state index in [2.05, 4.69) is 0 Å². The van der Waals surface area contributed by atoms with Crippen LogP contribution in [0.3, 0.4) is 0 Å². The molecule has 1 aromatic carbocycles. The molecule has 0 bridgehead atoms. The molecule has 0 saturated carbocycles. The molecule has 0 radical (unpaired) electrons. The van der Waals surface area contributed by atoms with E-state index in [4.69, 9.17) is 14.2 Å². The maximum absolute atomic E-state index is 11.5. The van der Waals surface area contributed by atoms with Crippen LogP contribution in [0.2, 0.25) is 0 Å². The minimum atomic E-state index is -0.959. The van der Waals surface area contributed by atoms with E-state index in [1.54, 1.807) is 6.08 Å². The molecular formula is C17H18O5. The molecule has 0 aromatic heterocycles. The third-order valence-electron chi connectivity index (χ3n) is 3.51. The second kappa shape index (κ2) is 6.77. The van der Waals surface area contributed by atoms with Crippen molar-refractivity contribution in [2.45, 2.75) is 25.0 Å². The van der Waals surface area contributed by atoms with Gasteiger partial charge in [-0.3, -0.25) is 0 Å². The SMILES string of the molecule is O=C(O)C(CC1CO1)=C(CC1CO1)OC=Cc1ccccc1. The van der Waals surface area contributed by atoms with Crippen molar-refractivity contribution in [2.75, 3.05) is 13.2 Å². The topological polar surface area (TPSA) is 71.6 Å². The number of carbonyl (C=O) groups is 1. The van der Waals surface area contributed by atoms with Crippen molar-refractivity contribution in [3.05, 3.63) is 53.5 Å². The molecule has 3 rings (SSSR count). The number of aliphatic carboxylic acids is 1. The first-order valence-corrected chi connectivity index (χ1v) is 7.29. The Kier molecular flexibility index (Phi) is 4.56. The van der Waals surface area contributed by atoms with Gasteiger partial charge >= 0.3 is 5.97 Å². The molecule has 2 saturated heterocycles. The zero-order chi connectivity index (χ0) is 15.4. The summed E-state index contributed by atoms with van der Waals surface area (Å²) in [6.07, 6.45) is 4.26. The highest BCUT2D eigenvalue weighted by atomic mass is 16.6. The summed E-state index contributed by atoms with van der Waals surface area (Å²) >= 11 is 0. The van der Waals surface area contributed by atoms with Crippen LogP contribution in [0.4, 0.5) is 0 Å². The van der Waals surface area contributed by atoms with Crippen LogP contribution in [0, 0.1) is 0 Å². The zero-order valence-electron chi connectivity index (χ0n) is 12.1. The lowest BCUT2D eigenvalue weighted by molar-refractivity contribution is -0.133. The summed E-state index contributed by atoms with van der Waals surface area (Å²) in [5.74, 6) is -0.503. The van der Waals surface area contributed by atoms with Gasteiger partial charge in [-0.25, -0.2) is 4.79 Å². The van der Waals surface area contributed by atoms with E-state index in [0.717, 1.165) is 5.56 Å². The fourth-order valence-electron chi connectivity index (χ4n) is 2.13. The van der Waals surface area contributed by atoms with Crippen molar-refractivity contribution in [2.24, 2.45) is 0 Å². The minimum Gasteiger partial charge on any atom is -0.478 e. The van der Waals surface area contributed by atoms with Crippen molar-refractivity contribution in [3.63, 3.8) is 0 Å². The van der Waals surface area contributed by atoms with Gasteiger partial charge in [-0.1, -0.05) is 30.3 Å². The first kappa shape index (κ1) is 14.8. The highest BCUT2D eigenvalue weighted by molar-refractivity contribution is 5.87. The monoisotopic (exact) mass is 302 g/mol. The Hall–Kier alpha value is -2.11. The quantitative estimate of drug-likeness (QED) is 0.454. The Labute approximate surface area is 128 Å². The molecule has 116 valence electrons. The van der Waals surface area contributed by atoms with E-state index in [1.165, 1.54) is 6.26 Å². The van der Waals surface area contributed by atoms with Crippen LogP contribution in [0.1, 0.15) is 18.4 Å². The van der Waals surface area contributed by atoms with Gasteiger partial charge in [0.2, 0.25) is 0 Å². The van der Waals surface area contributed by atoms with Gasteiger partial charge in [0, 0.05) is 12.8 Å². The van der Waals surface area contributed by atoms with Crippen LogP contribution >= 0.6 is 0 Å². The van der Waals surface area contributed by atoms with Gasteiger partial charge in [0.05, 0.1) is 37.3 Å². The highest BCUT2D eigenvalue weighted by Crippen LogP contribution is 2.28. The molecule has 5 heteroatoms. The van der Waals surface area contributed by atoms with Crippen molar-refractivity contribution in [3.8, 4) is 0 Å². The maximum atomic E-state index is 11.5. The smallest absolute Gasteiger partial charge is 0.335 e. The summed E-state index contributed by atoms with van der Waals surface area (Å²) in [6.45, 7) is 1.27. The lowest BCUT2D eigenvalue weighted by Gasteiger charge is -2.10. The second-order valence-corrected chi connectivity index (χ2v) is 5.36. The van der Waals surface area contributed by atoms with E-state index in [-0.39, 0.29) is 17.8 Å². The van der Waals surface area contributed by atoms with Crippen molar-refractivity contribution < 1.29 is 24.1 Å². The van der Waals surface area contributed by atoms with Gasteiger partial charge in [0.15, 0.2) is 0 Å². The first-order valence-electron chi connectivity index (χ1n) is 7.29. The third-order valence-corrected chi connectivity index (χ3v) is 3.51. The average Bonchev–Trinajstić information content (AvgIpc) is 3.40. The molecule has 22 heavy (non-hydrogen) atoms. The standard InChI is InChI=1S/C17H18O5/c18-17(19)15(8-13-10-21-13)16(9-14-11-22-14)20-7-6-12-4-2-1-3-5-12/h1-7,13-14H,8-11H2,(H,18,19). The Morgan fingerprint density at radius 1 is 1.18 bits per heavy atom. The summed E-state index contributed by atoms with van der Waals surface area (Å²) in [6, 6.07) is 9.70. The summed E-state index contributed by atoms with van der Waals surface area (Å²) < 4.78 is 16.0. The molecule has 0 spiro atoms. The van der Waals surface area contributed by atoms with Gasteiger partial charge in [-0.15, -0.1) is 0 Å². The molecule has 2 unspecified atom stereocenters. The highest BCUT2D eigenvalue weighted by Gasteiger charge is 2.32. The zero-order valence-corrected chi connectivity index (χ0v) is 12.1. The van der Waals surface area contributed by atoms with Gasteiger partial charge in [-0.2, -0.15) is 0 Å². The summed E-state index contributed by atoms with van der Waals surface area (Å²) in [5, 5.41) is 9.41. The van der Waals surface area contributed by atoms with Crippen LogP contribution in [0.25, 0.3) is 6.08 Å². The Morgan fingerprint density at radius 2 is 1.82 bits per heavy atom. The van der Waals surface area contributed by atoms with Crippen molar-refractivity contribution >= 4 is 12.0 Å². The molecular weight excluding hydrogens is 284 g/mol. The fourth-order valence-corrected chi connectivity index (χ4v) is 2.13. The van der Waals surface area contributed by atoms with Gasteiger partial charge < -0.3 is 19.3 Å². The number of epoxide rings is 2. The van der Waals surface area contributed by atoms with Crippen LogP contribution in [0.5, 0.6) is 0 Å². The number of carboxylic acids is 1. The Morgan fingerprint density at radius 3 is 2.41 bits per heavy atom. The number of carboxylic acid groups (broad SMARTS) is 1. The normalized spacial score (nSPS) is 24.0. The Bertz CT molecular complexity index is 582. The lowest BCUT2D eigenvalue weighted by atomic mass is 10.1. The molecule has 2 fully saturated rings. The average molecular weight is 302 g/mol. The van der Waals surface area contributed by atoms with Gasteiger partial charge in [0.25, 0.3) is 0 Å². The molecule has 5 nitrogen and oxygen atoms in total. The van der Waals surface area contributed by atoms with Crippen molar-refractivity contribution in [1.82, 2.24) is 0 Å². The first-order chi connectivity index (χ1) is 10.7. The van der Waals surface area contributed by atoms with E-state index >= 15 is 0 Å². The minimum absolute atomic E-state index is 0.00271. The molecule has 1 aromatic rings. The van der Waals surface area contributed by atoms with Gasteiger partial charge in [0.1, 0.15) is 5.76 Å². The molecule has 2 aliphatic heterocycles.